The van der Waals surface area contributed by atoms with Gasteiger partial charge in [-0.3, -0.25) is 14.2 Å². The second-order valence-electron chi connectivity index (χ2n) is 25.2. The van der Waals surface area contributed by atoms with Gasteiger partial charge < -0.3 is 27.9 Å². The lowest BCUT2D eigenvalue weighted by Crippen LogP contribution is -2.37. The van der Waals surface area contributed by atoms with E-state index in [0.29, 0.717) is 17.4 Å². The van der Waals surface area contributed by atoms with Crippen molar-refractivity contribution in [2.45, 2.75) is 347 Å². The first-order chi connectivity index (χ1) is 40.5. The normalized spacial score (nSPS) is 13.5. The molecule has 0 N–H and O–H groups in total. The molecule has 2 atom stereocenters. The first kappa shape index (κ1) is 80.7. The van der Waals surface area contributed by atoms with Crippen LogP contribution in [0.3, 0.4) is 0 Å². The van der Waals surface area contributed by atoms with Crippen LogP contribution in [0.5, 0.6) is 0 Å². The Morgan fingerprint density at radius 2 is 0.651 bits per heavy atom. The quantitative estimate of drug-likeness (QED) is 0.0195. The number of allylic oxidation sites excluding steroid dienone is 10. The Hall–Kier alpha value is -2.29. The van der Waals surface area contributed by atoms with Crippen molar-refractivity contribution in [1.82, 2.24) is 0 Å². The van der Waals surface area contributed by atoms with Crippen LogP contribution < -0.4 is 4.89 Å². The Bertz CT molecular complexity index is 1580. The predicted molar refractivity (Wildman–Crippen MR) is 356 cm³/mol. The molecule has 0 saturated carbocycles. The number of ether oxygens (including phenoxy) is 2. The van der Waals surface area contributed by atoms with E-state index < -0.39 is 26.5 Å². The van der Waals surface area contributed by atoms with Crippen LogP contribution in [0.1, 0.15) is 341 Å². The molecular formula is C73H136NO8P. The molecule has 0 aliphatic heterocycles. The maximum atomic E-state index is 12.8. The summed E-state index contributed by atoms with van der Waals surface area (Å²) < 4.78 is 34.3. The van der Waals surface area contributed by atoms with E-state index in [1.54, 1.807) is 0 Å². The number of likely N-dealkylation sites (N-methyl/N-ethyl adjacent to an activating group) is 1. The van der Waals surface area contributed by atoms with Crippen molar-refractivity contribution in [3.63, 3.8) is 0 Å². The van der Waals surface area contributed by atoms with E-state index >= 15 is 0 Å². The number of hydrogen-bond donors (Lipinski definition) is 0. The maximum absolute atomic E-state index is 12.8. The van der Waals surface area contributed by atoms with Gasteiger partial charge in [-0.05, 0) is 83.5 Å². The summed E-state index contributed by atoms with van der Waals surface area (Å²) in [5.41, 5.74) is 0. The number of carbonyl (C=O) groups excluding carboxylic acids is 2. The number of unbranched alkanes of at least 4 members (excludes halogenated alkanes) is 42. The zero-order valence-electron chi connectivity index (χ0n) is 55.4. The van der Waals surface area contributed by atoms with Crippen molar-refractivity contribution < 1.29 is 42.1 Å². The third-order valence-electron chi connectivity index (χ3n) is 15.8. The SMILES string of the molecule is CCCCCC/C=C\C/C=C\CCCCCCCCCC(=O)OCC(COP(=O)([O-])OCC[N+](C)(C)C)OC(=O)CCCCCCCCCCCCCCCCCCCCCCCCCCCC/C=C\C/C=C\C/C=C\CCCCCCC. The fourth-order valence-corrected chi connectivity index (χ4v) is 11.0. The van der Waals surface area contributed by atoms with Gasteiger partial charge in [0.05, 0.1) is 27.7 Å². The second-order valence-corrected chi connectivity index (χ2v) is 26.7. The minimum atomic E-state index is -4.64. The van der Waals surface area contributed by atoms with Crippen LogP contribution >= 0.6 is 7.82 Å². The number of rotatable bonds is 66. The van der Waals surface area contributed by atoms with Gasteiger partial charge in [0.15, 0.2) is 6.10 Å². The lowest BCUT2D eigenvalue weighted by Gasteiger charge is -2.28. The van der Waals surface area contributed by atoms with Crippen molar-refractivity contribution in [3.05, 3.63) is 60.8 Å². The van der Waals surface area contributed by atoms with Crippen LogP contribution in [0.4, 0.5) is 0 Å². The first-order valence-electron chi connectivity index (χ1n) is 35.5. The van der Waals surface area contributed by atoms with E-state index in [4.69, 9.17) is 18.5 Å². The number of carbonyl (C=O) groups is 2. The largest absolute Gasteiger partial charge is 0.756 e. The summed E-state index contributed by atoms with van der Waals surface area (Å²) in [7, 11) is 1.17. The van der Waals surface area contributed by atoms with Crippen LogP contribution in [0, 0.1) is 0 Å². The number of phosphoric acid groups is 1. The summed E-state index contributed by atoms with van der Waals surface area (Å²) in [6.45, 7) is 4.24. The van der Waals surface area contributed by atoms with Crippen LogP contribution in [0.15, 0.2) is 60.8 Å². The molecule has 0 amide bonds. The summed E-state index contributed by atoms with van der Waals surface area (Å²) in [4.78, 5) is 38.0. The van der Waals surface area contributed by atoms with Crippen LogP contribution in [-0.2, 0) is 32.7 Å². The average molecular weight is 1190 g/mol. The van der Waals surface area contributed by atoms with E-state index in [2.05, 4.69) is 74.6 Å². The van der Waals surface area contributed by atoms with E-state index in [1.807, 2.05) is 21.1 Å². The van der Waals surface area contributed by atoms with Crippen LogP contribution in [0.25, 0.3) is 0 Å². The molecule has 0 aliphatic rings. The zero-order chi connectivity index (χ0) is 60.5. The van der Waals surface area contributed by atoms with Gasteiger partial charge in [0, 0.05) is 12.8 Å². The Kier molecular flexibility index (Phi) is 62.4. The maximum Gasteiger partial charge on any atom is 0.306 e. The molecule has 0 aromatic carbocycles. The van der Waals surface area contributed by atoms with Gasteiger partial charge >= 0.3 is 11.9 Å². The highest BCUT2D eigenvalue weighted by Crippen LogP contribution is 2.38. The molecule has 0 aromatic heterocycles. The molecule has 0 radical (unpaired) electrons. The molecule has 0 bridgehead atoms. The molecule has 0 aromatic rings. The van der Waals surface area contributed by atoms with Crippen molar-refractivity contribution in [2.24, 2.45) is 0 Å². The van der Waals surface area contributed by atoms with Gasteiger partial charge in [-0.25, -0.2) is 0 Å². The standard InChI is InChI=1S/C73H136NO8P/c1-6-8-10-12-14-16-18-20-22-24-26-27-28-29-30-31-32-33-34-35-36-37-38-39-40-41-42-43-44-45-46-47-48-50-52-54-56-58-60-62-64-66-73(76)82-71(70-81-83(77,78)80-68-67-74(3,4)5)69-79-72(75)65-63-61-59-57-55-53-51-49-25-23-21-19-17-15-13-11-9-7-2/h17-20,23-26,28-29,71H,6-16,21-22,27,30-70H2,1-5H3/b19-17-,20-18-,25-23-,26-24-,29-28-. The van der Waals surface area contributed by atoms with E-state index in [9.17, 15) is 19.0 Å². The summed E-state index contributed by atoms with van der Waals surface area (Å²) in [6, 6.07) is 0. The van der Waals surface area contributed by atoms with Gasteiger partial charge in [0.1, 0.15) is 19.8 Å². The van der Waals surface area contributed by atoms with Gasteiger partial charge in [-0.2, -0.15) is 0 Å². The Morgan fingerprint density at radius 1 is 0.373 bits per heavy atom. The molecule has 0 spiro atoms. The molecule has 486 valence electrons. The Labute approximate surface area is 515 Å². The third kappa shape index (κ3) is 68.7. The van der Waals surface area contributed by atoms with Crippen LogP contribution in [-0.4, -0.2) is 70.0 Å². The fraction of sp³-hybridized carbons (Fsp3) is 0.836. The number of esters is 2. The average Bonchev–Trinajstić information content (AvgIpc) is 3.49. The molecule has 0 rings (SSSR count). The molecule has 0 aliphatic carbocycles. The highest BCUT2D eigenvalue weighted by molar-refractivity contribution is 7.45. The number of phosphoric ester groups is 1. The monoisotopic (exact) mass is 1190 g/mol. The molecule has 83 heavy (non-hydrogen) atoms. The molecule has 2 unspecified atom stereocenters. The summed E-state index contributed by atoms with van der Waals surface area (Å²) in [6.07, 6.45) is 84.6. The van der Waals surface area contributed by atoms with Gasteiger partial charge in [-0.1, -0.05) is 306 Å². The van der Waals surface area contributed by atoms with Crippen molar-refractivity contribution in [3.8, 4) is 0 Å². The molecule has 10 heteroatoms. The molecule has 0 fully saturated rings. The smallest absolute Gasteiger partial charge is 0.306 e. The van der Waals surface area contributed by atoms with E-state index in [-0.39, 0.29) is 32.0 Å². The lowest BCUT2D eigenvalue weighted by molar-refractivity contribution is -0.870. The van der Waals surface area contributed by atoms with Crippen LogP contribution in [0.2, 0.25) is 0 Å². The number of quaternary nitrogens is 1. The van der Waals surface area contributed by atoms with Crippen molar-refractivity contribution in [2.75, 3.05) is 47.5 Å². The lowest BCUT2D eigenvalue weighted by atomic mass is 10.0. The Morgan fingerprint density at radius 3 is 0.976 bits per heavy atom. The van der Waals surface area contributed by atoms with Gasteiger partial charge in [-0.15, -0.1) is 0 Å². The molecule has 9 nitrogen and oxygen atoms in total. The first-order valence-corrected chi connectivity index (χ1v) is 37.0. The predicted octanol–water partition coefficient (Wildman–Crippen LogP) is 22.4. The van der Waals surface area contributed by atoms with E-state index in [0.717, 1.165) is 64.2 Å². The highest BCUT2D eigenvalue weighted by atomic mass is 31.2. The van der Waals surface area contributed by atoms with Crippen molar-refractivity contribution >= 4 is 19.8 Å². The topological polar surface area (TPSA) is 111 Å². The minimum Gasteiger partial charge on any atom is -0.756 e. The summed E-state index contributed by atoms with van der Waals surface area (Å²) in [5.74, 6) is -0.828. The summed E-state index contributed by atoms with van der Waals surface area (Å²) in [5, 5.41) is 0. The van der Waals surface area contributed by atoms with E-state index in [1.165, 1.54) is 244 Å². The second kappa shape index (κ2) is 64.2. The molecular weight excluding hydrogens is 1050 g/mol. The van der Waals surface area contributed by atoms with Gasteiger partial charge in [0.2, 0.25) is 0 Å². The number of hydrogen-bond acceptors (Lipinski definition) is 8. The molecule has 0 saturated heterocycles. The third-order valence-corrected chi connectivity index (χ3v) is 16.7. The zero-order valence-corrected chi connectivity index (χ0v) is 56.3. The summed E-state index contributed by atoms with van der Waals surface area (Å²) >= 11 is 0. The highest BCUT2D eigenvalue weighted by Gasteiger charge is 2.22. The molecule has 0 heterocycles. The van der Waals surface area contributed by atoms with Gasteiger partial charge in [0.25, 0.3) is 7.82 Å². The Balaban J connectivity index is 3.90. The fourth-order valence-electron chi connectivity index (χ4n) is 10.3. The minimum absolute atomic E-state index is 0.0313. The van der Waals surface area contributed by atoms with Crippen molar-refractivity contribution in [1.29, 1.82) is 0 Å². The number of nitrogens with zero attached hydrogens (tertiary/aromatic N) is 1.